The van der Waals surface area contributed by atoms with Gasteiger partial charge in [-0.1, -0.05) is 24.9 Å². The summed E-state index contributed by atoms with van der Waals surface area (Å²) in [6.45, 7) is 4.32. The molecule has 0 saturated heterocycles. The van der Waals surface area contributed by atoms with Crippen LogP contribution in [0.25, 0.3) is 0 Å². The minimum Gasteiger partial charge on any atom is -0.383 e. The monoisotopic (exact) mass is 224 g/mol. The van der Waals surface area contributed by atoms with Gasteiger partial charge in [0.15, 0.2) is 0 Å². The molecule has 2 nitrogen and oxygen atoms in total. The fourth-order valence-electron chi connectivity index (χ4n) is 2.01. The van der Waals surface area contributed by atoms with Gasteiger partial charge < -0.3 is 10.6 Å². The Kier molecular flexibility index (Phi) is 3.37. The van der Waals surface area contributed by atoms with E-state index in [0.717, 1.165) is 29.5 Å². The Morgan fingerprint density at radius 3 is 2.73 bits per heavy atom. The molecule has 0 aromatic heterocycles. The summed E-state index contributed by atoms with van der Waals surface area (Å²) < 4.78 is 0. The van der Waals surface area contributed by atoms with Crippen molar-refractivity contribution >= 4 is 23.0 Å². The second-order valence-corrected chi connectivity index (χ2v) is 4.54. The lowest BCUT2D eigenvalue weighted by molar-refractivity contribution is 0.531. The van der Waals surface area contributed by atoms with Gasteiger partial charge in [-0.25, -0.2) is 0 Å². The number of hydrogen-bond acceptors (Lipinski definition) is 2. The summed E-state index contributed by atoms with van der Waals surface area (Å²) in [5.41, 5.74) is 2.29. The largest absolute Gasteiger partial charge is 0.383 e. The second kappa shape index (κ2) is 4.75. The topological polar surface area (TPSA) is 24.1 Å². The van der Waals surface area contributed by atoms with E-state index in [-0.39, 0.29) is 0 Å². The summed E-state index contributed by atoms with van der Waals surface area (Å²) in [7, 11) is 0. The number of hydrogen-bond donors (Lipinski definition) is 2. The summed E-state index contributed by atoms with van der Waals surface area (Å²) in [5, 5.41) is 7.71. The van der Waals surface area contributed by atoms with Crippen molar-refractivity contribution in [1.82, 2.24) is 0 Å². The van der Waals surface area contributed by atoms with Gasteiger partial charge in [-0.3, -0.25) is 0 Å². The van der Waals surface area contributed by atoms with Gasteiger partial charge in [0.2, 0.25) is 0 Å². The fourth-order valence-corrected chi connectivity index (χ4v) is 2.18. The molecule has 82 valence electrons. The highest BCUT2D eigenvalue weighted by molar-refractivity contribution is 6.31. The Labute approximate surface area is 96.0 Å². The first-order valence-electron chi connectivity index (χ1n) is 5.57. The molecule has 1 aliphatic heterocycles. The van der Waals surface area contributed by atoms with Crippen LogP contribution in [-0.2, 0) is 0 Å². The van der Waals surface area contributed by atoms with Gasteiger partial charge in [-0.2, -0.15) is 0 Å². The van der Waals surface area contributed by atoms with E-state index in [4.69, 9.17) is 11.6 Å². The summed E-state index contributed by atoms with van der Waals surface area (Å²) in [4.78, 5) is 0. The van der Waals surface area contributed by atoms with Crippen molar-refractivity contribution in [3.63, 3.8) is 0 Å². The lowest BCUT2D eigenvalue weighted by atomic mass is 10.0. The molecular formula is C12H17ClN2. The minimum absolute atomic E-state index is 0.709. The molecule has 0 fully saturated rings. The molecule has 0 saturated carbocycles. The molecule has 0 bridgehead atoms. The molecule has 0 radical (unpaired) electrons. The number of benzene rings is 1. The lowest BCUT2D eigenvalue weighted by Crippen LogP contribution is -2.18. The highest BCUT2D eigenvalue weighted by Gasteiger charge is 2.14. The maximum atomic E-state index is 5.96. The summed E-state index contributed by atoms with van der Waals surface area (Å²) in [5.74, 6) is 0.709. The van der Waals surface area contributed by atoms with E-state index in [1.807, 2.05) is 18.2 Å². The van der Waals surface area contributed by atoms with Crippen LogP contribution in [0.1, 0.15) is 19.8 Å². The average molecular weight is 225 g/mol. The van der Waals surface area contributed by atoms with E-state index < -0.39 is 0 Å². The van der Waals surface area contributed by atoms with Gasteiger partial charge in [0.1, 0.15) is 0 Å². The van der Waals surface area contributed by atoms with Crippen LogP contribution in [0, 0.1) is 5.92 Å². The zero-order valence-electron chi connectivity index (χ0n) is 9.02. The highest BCUT2D eigenvalue weighted by atomic mass is 35.5. The molecule has 0 spiro atoms. The smallest absolute Gasteiger partial charge is 0.0591 e. The van der Waals surface area contributed by atoms with Crippen LogP contribution in [0.2, 0.25) is 5.02 Å². The van der Waals surface area contributed by atoms with Crippen LogP contribution >= 0.6 is 11.6 Å². The van der Waals surface area contributed by atoms with E-state index >= 15 is 0 Å². The quantitative estimate of drug-likeness (QED) is 0.802. The summed E-state index contributed by atoms with van der Waals surface area (Å²) >= 11 is 5.96. The van der Waals surface area contributed by atoms with Gasteiger partial charge in [0, 0.05) is 18.1 Å². The first-order valence-corrected chi connectivity index (χ1v) is 5.94. The molecule has 3 heteroatoms. The molecule has 1 unspecified atom stereocenters. The Balaban J connectivity index is 2.11. The van der Waals surface area contributed by atoms with E-state index in [1.165, 1.54) is 12.8 Å². The Hall–Kier alpha value is -0.890. The predicted octanol–water partition coefficient (Wildman–Crippen LogP) is 3.59. The van der Waals surface area contributed by atoms with Crippen molar-refractivity contribution in [2.24, 2.45) is 5.92 Å². The van der Waals surface area contributed by atoms with Gasteiger partial charge in [-0.15, -0.1) is 0 Å². The third-order valence-electron chi connectivity index (χ3n) is 2.84. The molecule has 1 atom stereocenters. The third kappa shape index (κ3) is 2.57. The SMILES string of the molecule is CCCC1CNc2ccc(Cl)cc2NC1. The van der Waals surface area contributed by atoms with Gasteiger partial charge in [0.05, 0.1) is 11.4 Å². The maximum Gasteiger partial charge on any atom is 0.0591 e. The molecule has 1 aliphatic rings. The van der Waals surface area contributed by atoms with Crippen molar-refractivity contribution in [3.05, 3.63) is 23.2 Å². The average Bonchev–Trinajstić information content (AvgIpc) is 2.42. The van der Waals surface area contributed by atoms with E-state index in [1.54, 1.807) is 0 Å². The van der Waals surface area contributed by atoms with Crippen LogP contribution in [0.4, 0.5) is 11.4 Å². The van der Waals surface area contributed by atoms with Crippen LogP contribution in [0.15, 0.2) is 18.2 Å². The van der Waals surface area contributed by atoms with E-state index in [9.17, 15) is 0 Å². The number of nitrogens with one attached hydrogen (secondary N) is 2. The number of fused-ring (bicyclic) bond motifs is 1. The number of rotatable bonds is 2. The Morgan fingerprint density at radius 2 is 2.00 bits per heavy atom. The van der Waals surface area contributed by atoms with Crippen molar-refractivity contribution in [1.29, 1.82) is 0 Å². The van der Waals surface area contributed by atoms with Crippen LogP contribution < -0.4 is 10.6 Å². The van der Waals surface area contributed by atoms with Crippen LogP contribution in [0.3, 0.4) is 0 Å². The summed E-state index contributed by atoms with van der Waals surface area (Å²) in [6.07, 6.45) is 2.51. The molecule has 1 aromatic carbocycles. The Morgan fingerprint density at radius 1 is 1.27 bits per heavy atom. The highest BCUT2D eigenvalue weighted by Crippen LogP contribution is 2.28. The van der Waals surface area contributed by atoms with Crippen molar-refractivity contribution in [3.8, 4) is 0 Å². The predicted molar refractivity (Wildman–Crippen MR) is 66.8 cm³/mol. The molecule has 0 aliphatic carbocycles. The maximum absolute atomic E-state index is 5.96. The molecule has 0 amide bonds. The second-order valence-electron chi connectivity index (χ2n) is 4.11. The minimum atomic E-state index is 0.709. The zero-order chi connectivity index (χ0) is 10.7. The van der Waals surface area contributed by atoms with Gasteiger partial charge in [0.25, 0.3) is 0 Å². The van der Waals surface area contributed by atoms with Gasteiger partial charge in [-0.05, 0) is 30.5 Å². The zero-order valence-corrected chi connectivity index (χ0v) is 9.77. The van der Waals surface area contributed by atoms with Crippen LogP contribution in [-0.4, -0.2) is 13.1 Å². The molecule has 2 rings (SSSR count). The molecule has 15 heavy (non-hydrogen) atoms. The van der Waals surface area contributed by atoms with E-state index in [2.05, 4.69) is 17.6 Å². The Bertz CT molecular complexity index is 338. The molecular weight excluding hydrogens is 208 g/mol. The lowest BCUT2D eigenvalue weighted by Gasteiger charge is -2.12. The summed E-state index contributed by atoms with van der Waals surface area (Å²) in [6, 6.07) is 5.95. The van der Waals surface area contributed by atoms with Crippen molar-refractivity contribution in [2.75, 3.05) is 23.7 Å². The third-order valence-corrected chi connectivity index (χ3v) is 3.08. The van der Waals surface area contributed by atoms with Crippen molar-refractivity contribution < 1.29 is 0 Å². The first-order chi connectivity index (χ1) is 7.29. The first kappa shape index (κ1) is 10.6. The molecule has 1 heterocycles. The van der Waals surface area contributed by atoms with Crippen LogP contribution in [0.5, 0.6) is 0 Å². The fraction of sp³-hybridized carbons (Fsp3) is 0.500. The van der Waals surface area contributed by atoms with Gasteiger partial charge >= 0.3 is 0 Å². The molecule has 2 N–H and O–H groups in total. The van der Waals surface area contributed by atoms with E-state index in [0.29, 0.717) is 5.92 Å². The normalized spacial score (nSPS) is 19.7. The standard InChI is InChI=1S/C12H17ClN2/c1-2-3-9-7-14-11-5-4-10(13)6-12(11)15-8-9/h4-6,9,14-15H,2-3,7-8H2,1H3. The number of halogens is 1. The number of anilines is 2. The molecule has 1 aromatic rings. The van der Waals surface area contributed by atoms with Crippen molar-refractivity contribution in [2.45, 2.75) is 19.8 Å².